The van der Waals surface area contributed by atoms with E-state index >= 15 is 0 Å². The maximum absolute atomic E-state index is 12.3. The van der Waals surface area contributed by atoms with Crippen LogP contribution in [-0.4, -0.2) is 17.2 Å². The molecule has 0 aliphatic heterocycles. The minimum Gasteiger partial charge on any atom is -0.329 e. The van der Waals surface area contributed by atoms with Gasteiger partial charge < -0.3 is 11.1 Å². The molecule has 1 atom stereocenters. The molecule has 0 spiro atoms. The van der Waals surface area contributed by atoms with Gasteiger partial charge in [-0.25, -0.2) is 0 Å². The lowest BCUT2D eigenvalue weighted by atomic mass is 10.00. The number of pyridine rings is 1. The molecular formula is C27H29N3O. The first-order chi connectivity index (χ1) is 15.0. The summed E-state index contributed by atoms with van der Waals surface area (Å²) in [5, 5.41) is 6.12. The molecule has 0 fully saturated rings. The minimum atomic E-state index is -0.0102. The second-order valence-corrected chi connectivity index (χ2v) is 8.22. The monoisotopic (exact) mass is 411 g/mol. The SMILES string of the molecule is Cc1ccn(-c2ccc(CC(CN)NCc3ccc4ccccc4c3)c(C)c2)c(=O)c1. The molecule has 0 saturated carbocycles. The van der Waals surface area contributed by atoms with Crippen molar-refractivity contribution in [2.75, 3.05) is 6.54 Å². The molecule has 0 amide bonds. The van der Waals surface area contributed by atoms with Crippen LogP contribution in [-0.2, 0) is 13.0 Å². The molecule has 1 unspecified atom stereocenters. The fourth-order valence-corrected chi connectivity index (χ4v) is 3.97. The first-order valence-corrected chi connectivity index (χ1v) is 10.7. The van der Waals surface area contributed by atoms with Gasteiger partial charge in [0.2, 0.25) is 0 Å². The molecule has 0 saturated heterocycles. The van der Waals surface area contributed by atoms with Crippen molar-refractivity contribution in [2.24, 2.45) is 5.73 Å². The van der Waals surface area contributed by atoms with Crippen LogP contribution in [0.15, 0.2) is 83.8 Å². The van der Waals surface area contributed by atoms with Crippen LogP contribution < -0.4 is 16.6 Å². The van der Waals surface area contributed by atoms with E-state index in [1.165, 1.54) is 21.9 Å². The van der Waals surface area contributed by atoms with Crippen LogP contribution in [0.5, 0.6) is 0 Å². The van der Waals surface area contributed by atoms with Gasteiger partial charge in [0.15, 0.2) is 0 Å². The van der Waals surface area contributed by atoms with E-state index in [9.17, 15) is 4.79 Å². The summed E-state index contributed by atoms with van der Waals surface area (Å²) >= 11 is 0. The molecule has 4 heteroatoms. The smallest absolute Gasteiger partial charge is 0.255 e. The fourth-order valence-electron chi connectivity index (χ4n) is 3.97. The summed E-state index contributed by atoms with van der Waals surface area (Å²) in [6.45, 7) is 5.36. The second-order valence-electron chi connectivity index (χ2n) is 8.22. The Labute approximate surface area is 183 Å². The largest absolute Gasteiger partial charge is 0.329 e. The van der Waals surface area contributed by atoms with E-state index < -0.39 is 0 Å². The summed E-state index contributed by atoms with van der Waals surface area (Å²) in [6.07, 6.45) is 2.68. The van der Waals surface area contributed by atoms with Crippen LogP contribution in [0.2, 0.25) is 0 Å². The molecule has 0 radical (unpaired) electrons. The van der Waals surface area contributed by atoms with Gasteiger partial charge in [-0.15, -0.1) is 0 Å². The Morgan fingerprint density at radius 3 is 2.48 bits per heavy atom. The lowest BCUT2D eigenvalue weighted by Gasteiger charge is -2.19. The average Bonchev–Trinajstić information content (AvgIpc) is 2.77. The molecule has 4 aromatic rings. The number of nitrogens with two attached hydrogens (primary N) is 1. The third-order valence-electron chi connectivity index (χ3n) is 5.84. The van der Waals surface area contributed by atoms with Crippen molar-refractivity contribution < 1.29 is 0 Å². The third kappa shape index (κ3) is 4.93. The van der Waals surface area contributed by atoms with Gasteiger partial charge in [0.1, 0.15) is 0 Å². The Balaban J connectivity index is 1.45. The topological polar surface area (TPSA) is 60.0 Å². The van der Waals surface area contributed by atoms with Gasteiger partial charge in [-0.2, -0.15) is 0 Å². The summed E-state index contributed by atoms with van der Waals surface area (Å²) in [7, 11) is 0. The van der Waals surface area contributed by atoms with Crippen LogP contribution in [0.25, 0.3) is 16.5 Å². The maximum atomic E-state index is 12.3. The first kappa shape index (κ1) is 21.0. The van der Waals surface area contributed by atoms with Crippen LogP contribution in [0.1, 0.15) is 22.3 Å². The summed E-state index contributed by atoms with van der Waals surface area (Å²) in [5.41, 5.74) is 11.6. The van der Waals surface area contributed by atoms with Crippen molar-refractivity contribution >= 4 is 10.8 Å². The van der Waals surface area contributed by atoms with Crippen molar-refractivity contribution in [3.8, 4) is 5.69 Å². The van der Waals surface area contributed by atoms with Gasteiger partial charge in [-0.3, -0.25) is 9.36 Å². The van der Waals surface area contributed by atoms with Crippen molar-refractivity contribution in [1.29, 1.82) is 0 Å². The summed E-state index contributed by atoms with van der Waals surface area (Å²) in [5.74, 6) is 0. The number of nitrogens with zero attached hydrogens (tertiary/aromatic N) is 1. The van der Waals surface area contributed by atoms with Gasteiger partial charge in [0.25, 0.3) is 5.56 Å². The molecule has 1 aromatic heterocycles. The Bertz CT molecular complexity index is 1260. The molecule has 158 valence electrons. The van der Waals surface area contributed by atoms with Crippen molar-refractivity contribution in [3.05, 3.63) is 112 Å². The molecule has 4 nitrogen and oxygen atoms in total. The van der Waals surface area contributed by atoms with Crippen molar-refractivity contribution in [3.63, 3.8) is 0 Å². The second kappa shape index (κ2) is 9.29. The normalized spacial score (nSPS) is 12.2. The zero-order valence-corrected chi connectivity index (χ0v) is 18.1. The highest BCUT2D eigenvalue weighted by Crippen LogP contribution is 2.17. The van der Waals surface area contributed by atoms with E-state index in [1.807, 2.05) is 25.3 Å². The number of nitrogens with one attached hydrogen (secondary N) is 1. The number of benzene rings is 3. The Hall–Kier alpha value is -3.21. The van der Waals surface area contributed by atoms with Gasteiger partial charge in [-0.1, -0.05) is 42.5 Å². The first-order valence-electron chi connectivity index (χ1n) is 10.7. The number of hydrogen-bond acceptors (Lipinski definition) is 3. The predicted molar refractivity (Wildman–Crippen MR) is 129 cm³/mol. The van der Waals surface area contributed by atoms with Crippen LogP contribution >= 0.6 is 0 Å². The van der Waals surface area contributed by atoms with E-state index in [2.05, 4.69) is 66.8 Å². The summed E-state index contributed by atoms with van der Waals surface area (Å²) in [4.78, 5) is 12.3. The van der Waals surface area contributed by atoms with Crippen molar-refractivity contribution in [1.82, 2.24) is 9.88 Å². The maximum Gasteiger partial charge on any atom is 0.255 e. The Kier molecular flexibility index (Phi) is 6.31. The van der Waals surface area contributed by atoms with E-state index in [1.54, 1.807) is 10.6 Å². The van der Waals surface area contributed by atoms with Crippen LogP contribution in [0, 0.1) is 13.8 Å². The van der Waals surface area contributed by atoms with E-state index in [-0.39, 0.29) is 11.6 Å². The highest BCUT2D eigenvalue weighted by molar-refractivity contribution is 5.82. The Morgan fingerprint density at radius 2 is 1.74 bits per heavy atom. The molecule has 3 N–H and O–H groups in total. The lowest BCUT2D eigenvalue weighted by molar-refractivity contribution is 0.515. The number of aryl methyl sites for hydroxylation is 2. The number of rotatable bonds is 7. The van der Waals surface area contributed by atoms with Crippen molar-refractivity contribution in [2.45, 2.75) is 32.9 Å². The zero-order valence-electron chi connectivity index (χ0n) is 18.1. The lowest BCUT2D eigenvalue weighted by Crippen LogP contribution is -2.37. The minimum absolute atomic E-state index is 0.0102. The van der Waals surface area contributed by atoms with Gasteiger partial charge >= 0.3 is 0 Å². The number of aromatic nitrogens is 1. The third-order valence-corrected chi connectivity index (χ3v) is 5.84. The van der Waals surface area contributed by atoms with Crippen LogP contribution in [0.3, 0.4) is 0 Å². The molecule has 0 aliphatic carbocycles. The van der Waals surface area contributed by atoms with E-state index in [4.69, 9.17) is 5.73 Å². The molecule has 4 rings (SSSR count). The Morgan fingerprint density at radius 1 is 0.935 bits per heavy atom. The van der Waals surface area contributed by atoms with E-state index in [0.717, 1.165) is 29.8 Å². The molecule has 0 bridgehead atoms. The number of hydrogen-bond donors (Lipinski definition) is 2. The average molecular weight is 412 g/mol. The van der Waals surface area contributed by atoms with E-state index in [0.29, 0.717) is 6.54 Å². The fraction of sp³-hybridized carbons (Fsp3) is 0.222. The molecule has 3 aromatic carbocycles. The predicted octanol–water partition coefficient (Wildman–Crippen LogP) is 4.27. The van der Waals surface area contributed by atoms with Gasteiger partial charge in [0.05, 0.1) is 0 Å². The highest BCUT2D eigenvalue weighted by Gasteiger charge is 2.11. The molecular weight excluding hydrogens is 382 g/mol. The molecule has 0 aliphatic rings. The summed E-state index contributed by atoms with van der Waals surface area (Å²) < 4.78 is 1.68. The van der Waals surface area contributed by atoms with Gasteiger partial charge in [-0.05, 0) is 77.6 Å². The quantitative estimate of drug-likeness (QED) is 0.478. The highest BCUT2D eigenvalue weighted by atomic mass is 16.1. The van der Waals surface area contributed by atoms with Crippen LogP contribution in [0.4, 0.5) is 0 Å². The zero-order chi connectivity index (χ0) is 21.8. The summed E-state index contributed by atoms with van der Waals surface area (Å²) in [6, 6.07) is 24.9. The molecule has 1 heterocycles. The molecule has 31 heavy (non-hydrogen) atoms. The standard InChI is InChI=1S/C27H29N3O/c1-19-11-12-30(27(31)13-19)26-10-9-23(20(2)14-26)16-25(17-28)29-18-21-7-8-22-5-3-4-6-24(22)15-21/h3-15,25,29H,16-18,28H2,1-2H3. The number of fused-ring (bicyclic) bond motifs is 1. The van der Waals surface area contributed by atoms with Gasteiger partial charge in [0, 0.05) is 37.1 Å².